The van der Waals surface area contributed by atoms with E-state index in [4.69, 9.17) is 5.73 Å². The van der Waals surface area contributed by atoms with Crippen LogP contribution in [0.1, 0.15) is 64.7 Å². The van der Waals surface area contributed by atoms with Crippen molar-refractivity contribution >= 4 is 0 Å². The molecule has 0 radical (unpaired) electrons. The lowest BCUT2D eigenvalue weighted by Gasteiger charge is -2.47. The zero-order valence-electron chi connectivity index (χ0n) is 12.7. The number of nitrogens with two attached hydrogens (primary N) is 1. The number of nitrogens with zero attached hydrogens (tertiary/aromatic N) is 1. The first-order chi connectivity index (χ1) is 9.27. The van der Waals surface area contributed by atoms with Crippen LogP contribution in [0.3, 0.4) is 0 Å². The fourth-order valence-electron chi connectivity index (χ4n) is 4.86. The van der Waals surface area contributed by atoms with Gasteiger partial charge in [-0.3, -0.25) is 4.90 Å². The fourth-order valence-corrected chi connectivity index (χ4v) is 4.86. The van der Waals surface area contributed by atoms with Crippen LogP contribution in [0, 0.1) is 17.8 Å². The van der Waals surface area contributed by atoms with Gasteiger partial charge >= 0.3 is 0 Å². The summed E-state index contributed by atoms with van der Waals surface area (Å²) in [5.74, 6) is 3.03. The third-order valence-electron chi connectivity index (χ3n) is 6.18. The van der Waals surface area contributed by atoms with Crippen molar-refractivity contribution in [3.05, 3.63) is 0 Å². The molecule has 3 aliphatic rings. The maximum absolute atomic E-state index is 6.28. The van der Waals surface area contributed by atoms with E-state index in [1.54, 1.807) is 0 Å². The van der Waals surface area contributed by atoms with Gasteiger partial charge in [-0.25, -0.2) is 0 Å². The first kappa shape index (κ1) is 13.9. The van der Waals surface area contributed by atoms with Crippen LogP contribution in [-0.2, 0) is 0 Å². The molecular formula is C17H32N2. The normalized spacial score (nSPS) is 40.7. The molecule has 0 spiro atoms. The Hall–Kier alpha value is -0.0800. The van der Waals surface area contributed by atoms with Gasteiger partial charge < -0.3 is 5.73 Å². The van der Waals surface area contributed by atoms with Gasteiger partial charge in [0, 0.05) is 18.6 Å². The molecule has 2 saturated carbocycles. The summed E-state index contributed by atoms with van der Waals surface area (Å²) in [6.07, 6.45) is 12.9. The minimum atomic E-state index is 0.383. The minimum absolute atomic E-state index is 0.383. The van der Waals surface area contributed by atoms with Crippen molar-refractivity contribution in [2.24, 2.45) is 23.5 Å². The molecule has 3 unspecified atom stereocenters. The molecule has 3 atom stereocenters. The molecule has 2 aliphatic carbocycles. The predicted molar refractivity (Wildman–Crippen MR) is 81.1 cm³/mol. The Kier molecular flexibility index (Phi) is 4.19. The van der Waals surface area contributed by atoms with E-state index < -0.39 is 0 Å². The van der Waals surface area contributed by atoms with Crippen LogP contribution in [0.5, 0.6) is 0 Å². The molecule has 3 rings (SSSR count). The van der Waals surface area contributed by atoms with Gasteiger partial charge in [0.2, 0.25) is 0 Å². The van der Waals surface area contributed by atoms with Crippen molar-refractivity contribution in [3.63, 3.8) is 0 Å². The van der Waals surface area contributed by atoms with Gasteiger partial charge in [-0.05, 0) is 62.8 Å². The van der Waals surface area contributed by atoms with Crippen LogP contribution >= 0.6 is 0 Å². The Labute approximate surface area is 119 Å². The maximum Gasteiger partial charge on any atom is 0.0334 e. The molecule has 3 fully saturated rings. The Bertz CT molecular complexity index is 300. The minimum Gasteiger partial charge on any atom is -0.329 e. The molecule has 1 aliphatic heterocycles. The summed E-state index contributed by atoms with van der Waals surface area (Å²) in [5, 5.41) is 0. The lowest BCUT2D eigenvalue weighted by Crippen LogP contribution is -2.55. The maximum atomic E-state index is 6.28. The molecule has 19 heavy (non-hydrogen) atoms. The highest BCUT2D eigenvalue weighted by molar-refractivity contribution is 5.01. The second-order valence-electron chi connectivity index (χ2n) is 7.51. The molecule has 1 saturated heterocycles. The van der Waals surface area contributed by atoms with Crippen molar-refractivity contribution in [1.29, 1.82) is 0 Å². The summed E-state index contributed by atoms with van der Waals surface area (Å²) in [7, 11) is 0. The largest absolute Gasteiger partial charge is 0.329 e. The van der Waals surface area contributed by atoms with Crippen molar-refractivity contribution in [2.75, 3.05) is 19.6 Å². The van der Waals surface area contributed by atoms with Crippen molar-refractivity contribution in [3.8, 4) is 0 Å². The van der Waals surface area contributed by atoms with Crippen LogP contribution in [-0.4, -0.2) is 30.1 Å². The van der Waals surface area contributed by atoms with Crippen LogP contribution in [0.25, 0.3) is 0 Å². The van der Waals surface area contributed by atoms with Crippen LogP contribution < -0.4 is 5.73 Å². The van der Waals surface area contributed by atoms with Crippen LogP contribution in [0.4, 0.5) is 0 Å². The molecule has 0 amide bonds. The summed E-state index contributed by atoms with van der Waals surface area (Å²) in [5.41, 5.74) is 6.66. The lowest BCUT2D eigenvalue weighted by molar-refractivity contribution is 0.0467. The lowest BCUT2D eigenvalue weighted by atomic mass is 9.73. The number of hydrogen-bond donors (Lipinski definition) is 1. The standard InChI is InChI=1S/C17H32N2/c1-2-4-14-8-10-19(12-14)17(13-18)9-3-5-16(11-17)15-6-7-15/h14-16H,2-13,18H2,1H3. The molecule has 110 valence electrons. The summed E-state index contributed by atoms with van der Waals surface area (Å²) in [6.45, 7) is 5.88. The quantitative estimate of drug-likeness (QED) is 0.824. The summed E-state index contributed by atoms with van der Waals surface area (Å²) in [4.78, 5) is 2.81. The summed E-state index contributed by atoms with van der Waals surface area (Å²) >= 11 is 0. The number of hydrogen-bond acceptors (Lipinski definition) is 2. The van der Waals surface area contributed by atoms with E-state index in [2.05, 4.69) is 11.8 Å². The zero-order valence-corrected chi connectivity index (χ0v) is 12.7. The third kappa shape index (κ3) is 2.85. The Balaban J connectivity index is 1.64. The third-order valence-corrected chi connectivity index (χ3v) is 6.18. The highest BCUT2D eigenvalue weighted by Crippen LogP contribution is 2.48. The second kappa shape index (κ2) is 5.73. The molecule has 2 heteroatoms. The molecule has 0 aromatic heterocycles. The first-order valence-electron chi connectivity index (χ1n) is 8.72. The topological polar surface area (TPSA) is 29.3 Å². The second-order valence-corrected chi connectivity index (χ2v) is 7.51. The average molecular weight is 264 g/mol. The summed E-state index contributed by atoms with van der Waals surface area (Å²) in [6, 6.07) is 0. The van der Waals surface area contributed by atoms with Gasteiger partial charge in [-0.15, -0.1) is 0 Å². The molecule has 2 nitrogen and oxygen atoms in total. The van der Waals surface area contributed by atoms with Gasteiger partial charge in [0.1, 0.15) is 0 Å². The number of likely N-dealkylation sites (tertiary alicyclic amines) is 1. The number of rotatable bonds is 5. The molecule has 0 bridgehead atoms. The van der Waals surface area contributed by atoms with Crippen LogP contribution in [0.15, 0.2) is 0 Å². The fraction of sp³-hybridized carbons (Fsp3) is 1.00. The highest BCUT2D eigenvalue weighted by atomic mass is 15.2. The monoisotopic (exact) mass is 264 g/mol. The molecule has 1 heterocycles. The van der Waals surface area contributed by atoms with Crippen molar-refractivity contribution in [1.82, 2.24) is 4.90 Å². The zero-order chi connectivity index (χ0) is 13.3. The average Bonchev–Trinajstić information content (AvgIpc) is 3.19. The van der Waals surface area contributed by atoms with E-state index in [1.165, 1.54) is 70.9 Å². The molecule has 2 N–H and O–H groups in total. The summed E-state index contributed by atoms with van der Waals surface area (Å²) < 4.78 is 0. The molecular weight excluding hydrogens is 232 g/mol. The van der Waals surface area contributed by atoms with E-state index in [0.717, 1.165) is 24.3 Å². The highest BCUT2D eigenvalue weighted by Gasteiger charge is 2.45. The van der Waals surface area contributed by atoms with E-state index >= 15 is 0 Å². The predicted octanol–water partition coefficient (Wildman–Crippen LogP) is 3.41. The van der Waals surface area contributed by atoms with Gasteiger partial charge in [0.25, 0.3) is 0 Å². The van der Waals surface area contributed by atoms with Gasteiger partial charge in [-0.2, -0.15) is 0 Å². The van der Waals surface area contributed by atoms with E-state index in [9.17, 15) is 0 Å². The SMILES string of the molecule is CCCC1CCN(C2(CN)CCCC(C3CC3)C2)C1. The smallest absolute Gasteiger partial charge is 0.0334 e. The van der Waals surface area contributed by atoms with Crippen LogP contribution in [0.2, 0.25) is 0 Å². The van der Waals surface area contributed by atoms with E-state index in [1.807, 2.05) is 0 Å². The Morgan fingerprint density at radius 1 is 1.16 bits per heavy atom. The van der Waals surface area contributed by atoms with Crippen molar-refractivity contribution in [2.45, 2.75) is 70.3 Å². The van der Waals surface area contributed by atoms with Gasteiger partial charge in [-0.1, -0.05) is 26.2 Å². The molecule has 0 aromatic rings. The Morgan fingerprint density at radius 2 is 2.00 bits per heavy atom. The van der Waals surface area contributed by atoms with Gasteiger partial charge in [0.05, 0.1) is 0 Å². The van der Waals surface area contributed by atoms with E-state index in [-0.39, 0.29) is 0 Å². The molecule has 0 aromatic carbocycles. The Morgan fingerprint density at radius 3 is 2.68 bits per heavy atom. The van der Waals surface area contributed by atoms with Crippen molar-refractivity contribution < 1.29 is 0 Å². The van der Waals surface area contributed by atoms with E-state index in [0.29, 0.717) is 5.54 Å². The van der Waals surface area contributed by atoms with Gasteiger partial charge in [0.15, 0.2) is 0 Å². The first-order valence-corrected chi connectivity index (χ1v) is 8.72.